The summed E-state index contributed by atoms with van der Waals surface area (Å²) in [6.07, 6.45) is 1.58. The Labute approximate surface area is 188 Å². The molecule has 0 amide bonds. The monoisotopic (exact) mass is 440 g/mol. The van der Waals surface area contributed by atoms with Gasteiger partial charge < -0.3 is 4.57 Å². The van der Waals surface area contributed by atoms with E-state index in [-0.39, 0.29) is 18.2 Å². The van der Waals surface area contributed by atoms with Crippen LogP contribution in [0.15, 0.2) is 101 Å². The fourth-order valence-electron chi connectivity index (χ4n) is 4.06. The Morgan fingerprint density at radius 2 is 1.52 bits per heavy atom. The second-order valence-corrected chi connectivity index (χ2v) is 7.88. The Kier molecular flexibility index (Phi) is 5.22. The summed E-state index contributed by atoms with van der Waals surface area (Å²) in [6, 6.07) is 24.5. The zero-order valence-electron chi connectivity index (χ0n) is 17.9. The lowest BCUT2D eigenvalue weighted by molar-refractivity contribution is 0.626. The van der Waals surface area contributed by atoms with Crippen LogP contribution in [-0.2, 0) is 6.54 Å². The van der Waals surface area contributed by atoms with Crippen LogP contribution in [0, 0.1) is 5.82 Å². The minimum absolute atomic E-state index is 0.112. The molecule has 0 aliphatic heterocycles. The first kappa shape index (κ1) is 20.6. The third kappa shape index (κ3) is 3.67. The molecule has 6 nitrogen and oxygen atoms in total. The summed E-state index contributed by atoms with van der Waals surface area (Å²) in [5, 5.41) is 0. The second-order valence-electron chi connectivity index (χ2n) is 7.88. The number of imidazole rings is 1. The van der Waals surface area contributed by atoms with Crippen molar-refractivity contribution in [1.82, 2.24) is 18.7 Å². The highest BCUT2D eigenvalue weighted by Gasteiger charge is 2.22. The van der Waals surface area contributed by atoms with Gasteiger partial charge in [-0.05, 0) is 42.3 Å². The maximum absolute atomic E-state index is 13.6. The molecule has 0 spiro atoms. The van der Waals surface area contributed by atoms with E-state index in [0.29, 0.717) is 11.2 Å². The number of rotatable bonds is 5. The third-order valence-corrected chi connectivity index (χ3v) is 5.82. The highest BCUT2D eigenvalue weighted by Crippen LogP contribution is 2.22. The van der Waals surface area contributed by atoms with Crippen molar-refractivity contribution in [2.24, 2.45) is 0 Å². The van der Waals surface area contributed by atoms with Crippen LogP contribution in [0.2, 0.25) is 0 Å². The molecule has 5 rings (SSSR count). The van der Waals surface area contributed by atoms with E-state index in [0.717, 1.165) is 11.1 Å². The molecule has 1 atom stereocenters. The Hall–Kier alpha value is -4.26. The van der Waals surface area contributed by atoms with Gasteiger partial charge in [-0.2, -0.15) is 0 Å². The van der Waals surface area contributed by atoms with Gasteiger partial charge in [0.1, 0.15) is 5.82 Å². The van der Waals surface area contributed by atoms with E-state index in [1.807, 2.05) is 67.6 Å². The molecular formula is C26H21FN4O2. The van der Waals surface area contributed by atoms with Crippen molar-refractivity contribution in [3.8, 4) is 5.69 Å². The molecule has 3 aromatic carbocycles. The molecule has 7 heteroatoms. The molecule has 33 heavy (non-hydrogen) atoms. The quantitative estimate of drug-likeness (QED) is 0.413. The highest BCUT2D eigenvalue weighted by atomic mass is 19.1. The van der Waals surface area contributed by atoms with Crippen LogP contribution in [0.3, 0.4) is 0 Å². The maximum Gasteiger partial charge on any atom is 0.337 e. The summed E-state index contributed by atoms with van der Waals surface area (Å²) >= 11 is 0. The van der Waals surface area contributed by atoms with Gasteiger partial charge in [-0.3, -0.25) is 9.36 Å². The van der Waals surface area contributed by atoms with E-state index in [1.165, 1.54) is 33.4 Å². The van der Waals surface area contributed by atoms with Gasteiger partial charge >= 0.3 is 5.69 Å². The average Bonchev–Trinajstić information content (AvgIpc) is 3.28. The number of aromatic nitrogens is 4. The van der Waals surface area contributed by atoms with Gasteiger partial charge in [-0.1, -0.05) is 60.7 Å². The molecule has 0 saturated carbocycles. The molecule has 2 aromatic heterocycles. The van der Waals surface area contributed by atoms with Crippen LogP contribution in [0.4, 0.5) is 4.39 Å². The Morgan fingerprint density at radius 1 is 0.879 bits per heavy atom. The van der Waals surface area contributed by atoms with Crippen LogP contribution in [0.1, 0.15) is 24.1 Å². The molecular weight excluding hydrogens is 419 g/mol. The Bertz CT molecular complexity index is 1540. The van der Waals surface area contributed by atoms with Crippen molar-refractivity contribution >= 4 is 11.2 Å². The van der Waals surface area contributed by atoms with Gasteiger partial charge in [0.15, 0.2) is 11.2 Å². The van der Waals surface area contributed by atoms with Crippen molar-refractivity contribution in [2.45, 2.75) is 19.5 Å². The van der Waals surface area contributed by atoms with Crippen molar-refractivity contribution in [2.75, 3.05) is 0 Å². The van der Waals surface area contributed by atoms with E-state index in [4.69, 9.17) is 0 Å². The lowest BCUT2D eigenvalue weighted by Crippen LogP contribution is -2.40. The number of nitrogens with zero attached hydrogens (tertiary/aromatic N) is 4. The number of halogens is 1. The molecule has 0 fully saturated rings. The van der Waals surface area contributed by atoms with Crippen LogP contribution in [-0.4, -0.2) is 18.7 Å². The van der Waals surface area contributed by atoms with E-state index < -0.39 is 17.1 Å². The number of hydrogen-bond donors (Lipinski definition) is 0. The molecule has 0 aliphatic rings. The van der Waals surface area contributed by atoms with Gasteiger partial charge in [-0.25, -0.2) is 18.7 Å². The zero-order valence-corrected chi connectivity index (χ0v) is 17.9. The number of benzene rings is 3. The first-order chi connectivity index (χ1) is 16.0. The highest BCUT2D eigenvalue weighted by molar-refractivity contribution is 5.73. The van der Waals surface area contributed by atoms with E-state index in [1.54, 1.807) is 10.9 Å². The minimum atomic E-state index is -0.527. The predicted octanol–water partition coefficient (Wildman–Crippen LogP) is 4.15. The number of fused-ring (bicyclic) bond motifs is 1. The summed E-state index contributed by atoms with van der Waals surface area (Å²) in [6.45, 7) is 2.09. The van der Waals surface area contributed by atoms with Crippen LogP contribution in [0.5, 0.6) is 0 Å². The maximum atomic E-state index is 13.6. The molecule has 1 unspecified atom stereocenters. The van der Waals surface area contributed by atoms with Crippen molar-refractivity contribution in [1.29, 1.82) is 0 Å². The third-order valence-electron chi connectivity index (χ3n) is 5.82. The molecule has 2 heterocycles. The fraction of sp³-hybridized carbons (Fsp3) is 0.115. The van der Waals surface area contributed by atoms with Gasteiger partial charge in [0.25, 0.3) is 5.56 Å². The van der Waals surface area contributed by atoms with E-state index >= 15 is 0 Å². The van der Waals surface area contributed by atoms with E-state index in [2.05, 4.69) is 4.98 Å². The van der Waals surface area contributed by atoms with Crippen LogP contribution < -0.4 is 11.2 Å². The average molecular weight is 440 g/mol. The van der Waals surface area contributed by atoms with Gasteiger partial charge in [0.2, 0.25) is 0 Å². The first-order valence-corrected chi connectivity index (χ1v) is 10.6. The summed E-state index contributed by atoms with van der Waals surface area (Å²) in [5.41, 5.74) is 1.87. The summed E-state index contributed by atoms with van der Waals surface area (Å²) in [4.78, 5) is 31.6. The molecule has 0 radical (unpaired) electrons. The minimum Gasteiger partial charge on any atom is -0.317 e. The molecule has 0 bridgehead atoms. The SMILES string of the molecule is CC(c1ccccc1)n1cnc2c1c(=O)n(Cc1ccccc1)c(=O)n2-c1ccc(F)cc1. The van der Waals surface area contributed by atoms with Crippen molar-refractivity contribution in [3.05, 3.63) is 129 Å². The van der Waals surface area contributed by atoms with Gasteiger partial charge in [0.05, 0.1) is 24.6 Å². The first-order valence-electron chi connectivity index (χ1n) is 10.6. The van der Waals surface area contributed by atoms with Gasteiger partial charge in [0, 0.05) is 0 Å². The fourth-order valence-corrected chi connectivity index (χ4v) is 4.06. The Morgan fingerprint density at radius 3 is 2.18 bits per heavy atom. The molecule has 5 aromatic rings. The van der Waals surface area contributed by atoms with Crippen molar-refractivity contribution in [3.63, 3.8) is 0 Å². The standard InChI is InChI=1S/C26H21FN4O2/c1-18(20-10-6-3-7-11-20)30-17-28-24-23(30)25(32)29(16-19-8-4-2-5-9-19)26(33)31(24)22-14-12-21(27)13-15-22/h2-15,17-18H,16H2,1H3. The smallest absolute Gasteiger partial charge is 0.317 e. The lowest BCUT2D eigenvalue weighted by Gasteiger charge is -2.16. The molecule has 0 saturated heterocycles. The van der Waals surface area contributed by atoms with Crippen LogP contribution >= 0.6 is 0 Å². The largest absolute Gasteiger partial charge is 0.337 e. The predicted molar refractivity (Wildman–Crippen MR) is 125 cm³/mol. The summed E-state index contributed by atoms with van der Waals surface area (Å²) in [7, 11) is 0. The van der Waals surface area contributed by atoms with Crippen molar-refractivity contribution < 1.29 is 4.39 Å². The molecule has 0 N–H and O–H groups in total. The number of hydrogen-bond acceptors (Lipinski definition) is 3. The molecule has 164 valence electrons. The summed E-state index contributed by atoms with van der Waals surface area (Å²) in [5.74, 6) is -0.413. The summed E-state index contributed by atoms with van der Waals surface area (Å²) < 4.78 is 17.9. The lowest BCUT2D eigenvalue weighted by atomic mass is 10.1. The van der Waals surface area contributed by atoms with Crippen LogP contribution in [0.25, 0.3) is 16.9 Å². The normalized spacial score (nSPS) is 12.2. The topological polar surface area (TPSA) is 61.8 Å². The van der Waals surface area contributed by atoms with E-state index in [9.17, 15) is 14.0 Å². The molecule has 0 aliphatic carbocycles. The zero-order chi connectivity index (χ0) is 22.9. The Balaban J connectivity index is 1.80. The van der Waals surface area contributed by atoms with Gasteiger partial charge in [-0.15, -0.1) is 0 Å². The second kappa shape index (κ2) is 8.35.